The summed E-state index contributed by atoms with van der Waals surface area (Å²) in [5.74, 6) is 0. The van der Waals surface area contributed by atoms with Crippen LogP contribution in [0.5, 0.6) is 0 Å². The number of likely N-dealkylation sites (N-methyl/N-ethyl adjacent to an activating group) is 1. The maximum Gasteiger partial charge on any atom is 0.174 e. The highest BCUT2D eigenvalue weighted by atomic mass is 16.7. The third-order valence-corrected chi connectivity index (χ3v) is 2.57. The number of nitrogens with zero attached hydrogens (tertiary/aromatic N) is 2. The van der Waals surface area contributed by atoms with Crippen LogP contribution in [0.1, 0.15) is 19.4 Å². The van der Waals surface area contributed by atoms with E-state index in [2.05, 4.69) is 11.0 Å². The van der Waals surface area contributed by atoms with Gasteiger partial charge in [-0.3, -0.25) is 0 Å². The average molecular weight is 248 g/mol. The van der Waals surface area contributed by atoms with E-state index in [1.165, 1.54) is 0 Å². The van der Waals surface area contributed by atoms with Crippen molar-refractivity contribution in [1.29, 1.82) is 5.26 Å². The predicted molar refractivity (Wildman–Crippen MR) is 71.5 cm³/mol. The first kappa shape index (κ1) is 14.5. The van der Waals surface area contributed by atoms with Crippen LogP contribution in [0, 0.1) is 11.3 Å². The van der Waals surface area contributed by atoms with E-state index in [9.17, 15) is 0 Å². The van der Waals surface area contributed by atoms with E-state index in [4.69, 9.17) is 14.7 Å². The van der Waals surface area contributed by atoms with Crippen LogP contribution in [0.4, 0.5) is 5.69 Å². The highest BCUT2D eigenvalue weighted by molar-refractivity contribution is 5.49. The second kappa shape index (κ2) is 7.70. The second-order valence-electron chi connectivity index (χ2n) is 3.88. The van der Waals surface area contributed by atoms with Crippen molar-refractivity contribution in [3.8, 4) is 6.07 Å². The van der Waals surface area contributed by atoms with Gasteiger partial charge < -0.3 is 14.4 Å². The van der Waals surface area contributed by atoms with Gasteiger partial charge in [-0.25, -0.2) is 0 Å². The SMILES string of the molecule is CCOC(CN(C)c1ccc(C#N)cc1)OCC. The van der Waals surface area contributed by atoms with Gasteiger partial charge >= 0.3 is 0 Å². The Morgan fingerprint density at radius 3 is 2.17 bits per heavy atom. The maximum absolute atomic E-state index is 8.75. The van der Waals surface area contributed by atoms with Crippen molar-refractivity contribution in [2.24, 2.45) is 0 Å². The van der Waals surface area contributed by atoms with Gasteiger partial charge in [0.25, 0.3) is 0 Å². The quantitative estimate of drug-likeness (QED) is 0.695. The minimum Gasteiger partial charge on any atom is -0.369 e. The van der Waals surface area contributed by atoms with Gasteiger partial charge in [0, 0.05) is 25.9 Å². The normalized spacial score (nSPS) is 10.4. The number of hydrogen-bond donors (Lipinski definition) is 0. The molecule has 0 aliphatic heterocycles. The summed E-state index contributed by atoms with van der Waals surface area (Å²) >= 11 is 0. The van der Waals surface area contributed by atoms with E-state index in [-0.39, 0.29) is 6.29 Å². The van der Waals surface area contributed by atoms with Gasteiger partial charge in [-0.15, -0.1) is 0 Å². The summed E-state index contributed by atoms with van der Waals surface area (Å²) in [6.45, 7) is 5.83. The molecule has 4 heteroatoms. The standard InChI is InChI=1S/C14H20N2O2/c1-4-17-14(18-5-2)11-16(3)13-8-6-12(10-15)7-9-13/h6-9,14H,4-5,11H2,1-3H3. The van der Waals surface area contributed by atoms with Crippen LogP contribution in [-0.2, 0) is 9.47 Å². The summed E-state index contributed by atoms with van der Waals surface area (Å²) in [5.41, 5.74) is 1.71. The minimum atomic E-state index is -0.222. The molecule has 4 nitrogen and oxygen atoms in total. The van der Waals surface area contributed by atoms with Crippen LogP contribution in [-0.4, -0.2) is 33.1 Å². The lowest BCUT2D eigenvalue weighted by molar-refractivity contribution is -0.129. The van der Waals surface area contributed by atoms with Gasteiger partial charge in [-0.1, -0.05) is 0 Å². The van der Waals surface area contributed by atoms with E-state index in [0.29, 0.717) is 25.3 Å². The Hall–Kier alpha value is -1.57. The van der Waals surface area contributed by atoms with Gasteiger partial charge in [0.2, 0.25) is 0 Å². The van der Waals surface area contributed by atoms with Gasteiger partial charge in [0.15, 0.2) is 6.29 Å². The molecule has 1 aromatic carbocycles. The lowest BCUT2D eigenvalue weighted by atomic mass is 10.2. The molecule has 0 fully saturated rings. The average Bonchev–Trinajstić information content (AvgIpc) is 2.39. The molecule has 0 N–H and O–H groups in total. The van der Waals surface area contributed by atoms with Crippen molar-refractivity contribution in [3.63, 3.8) is 0 Å². The molecule has 0 bridgehead atoms. The van der Waals surface area contributed by atoms with Gasteiger partial charge in [-0.05, 0) is 38.1 Å². The van der Waals surface area contributed by atoms with Gasteiger partial charge in [-0.2, -0.15) is 5.26 Å². The first-order chi connectivity index (χ1) is 8.71. The van der Waals surface area contributed by atoms with Crippen molar-refractivity contribution < 1.29 is 9.47 Å². The number of benzene rings is 1. The molecule has 0 aliphatic rings. The molecule has 0 aliphatic carbocycles. The van der Waals surface area contributed by atoms with Crippen molar-refractivity contribution in [1.82, 2.24) is 0 Å². The zero-order chi connectivity index (χ0) is 13.4. The molecular weight excluding hydrogens is 228 g/mol. The largest absolute Gasteiger partial charge is 0.369 e. The third-order valence-electron chi connectivity index (χ3n) is 2.57. The van der Waals surface area contributed by atoms with Crippen LogP contribution >= 0.6 is 0 Å². The van der Waals surface area contributed by atoms with Crippen molar-refractivity contribution in [2.75, 3.05) is 31.7 Å². The molecule has 18 heavy (non-hydrogen) atoms. The molecule has 0 unspecified atom stereocenters. The zero-order valence-corrected chi connectivity index (χ0v) is 11.2. The Morgan fingerprint density at radius 2 is 1.72 bits per heavy atom. The summed E-state index contributed by atoms with van der Waals surface area (Å²) < 4.78 is 11.0. The zero-order valence-electron chi connectivity index (χ0n) is 11.2. The molecular formula is C14H20N2O2. The van der Waals surface area contributed by atoms with Crippen LogP contribution in [0.3, 0.4) is 0 Å². The molecule has 1 rings (SSSR count). The molecule has 0 saturated carbocycles. The van der Waals surface area contributed by atoms with Crippen LogP contribution < -0.4 is 4.90 Å². The summed E-state index contributed by atoms with van der Waals surface area (Å²) in [7, 11) is 1.98. The number of hydrogen-bond acceptors (Lipinski definition) is 4. The Morgan fingerprint density at radius 1 is 1.17 bits per heavy atom. The molecule has 0 atom stereocenters. The fourth-order valence-electron chi connectivity index (χ4n) is 1.64. The van der Waals surface area contributed by atoms with E-state index >= 15 is 0 Å². The smallest absolute Gasteiger partial charge is 0.174 e. The Bertz CT molecular complexity index is 378. The molecule has 0 spiro atoms. The number of rotatable bonds is 7. The van der Waals surface area contributed by atoms with E-state index < -0.39 is 0 Å². The van der Waals surface area contributed by atoms with Gasteiger partial charge in [0.05, 0.1) is 18.2 Å². The number of nitriles is 1. The first-order valence-electron chi connectivity index (χ1n) is 6.15. The molecule has 0 radical (unpaired) electrons. The highest BCUT2D eigenvalue weighted by Gasteiger charge is 2.11. The molecule has 0 amide bonds. The van der Waals surface area contributed by atoms with E-state index in [1.807, 2.05) is 45.2 Å². The fraction of sp³-hybridized carbons (Fsp3) is 0.500. The highest BCUT2D eigenvalue weighted by Crippen LogP contribution is 2.14. The Labute approximate surface area is 109 Å². The second-order valence-corrected chi connectivity index (χ2v) is 3.88. The van der Waals surface area contributed by atoms with Crippen LogP contribution in [0.2, 0.25) is 0 Å². The lowest BCUT2D eigenvalue weighted by Gasteiger charge is -2.25. The fourth-order valence-corrected chi connectivity index (χ4v) is 1.64. The van der Waals surface area contributed by atoms with Crippen molar-refractivity contribution in [2.45, 2.75) is 20.1 Å². The third kappa shape index (κ3) is 4.36. The lowest BCUT2D eigenvalue weighted by Crippen LogP contribution is -2.33. The summed E-state index contributed by atoms with van der Waals surface area (Å²) in [6.07, 6.45) is -0.222. The maximum atomic E-state index is 8.75. The van der Waals surface area contributed by atoms with Crippen molar-refractivity contribution >= 4 is 5.69 Å². The van der Waals surface area contributed by atoms with Crippen molar-refractivity contribution in [3.05, 3.63) is 29.8 Å². The van der Waals surface area contributed by atoms with Crippen LogP contribution in [0.25, 0.3) is 0 Å². The summed E-state index contributed by atoms with van der Waals surface area (Å²) in [6, 6.07) is 9.57. The molecule has 0 aromatic heterocycles. The Kier molecular flexibility index (Phi) is 6.20. The first-order valence-corrected chi connectivity index (χ1v) is 6.15. The predicted octanol–water partition coefficient (Wildman–Crippen LogP) is 2.39. The minimum absolute atomic E-state index is 0.222. The Balaban J connectivity index is 2.61. The molecule has 1 aromatic rings. The number of ether oxygens (including phenoxy) is 2. The summed E-state index contributed by atoms with van der Waals surface area (Å²) in [4.78, 5) is 2.05. The summed E-state index contributed by atoms with van der Waals surface area (Å²) in [5, 5.41) is 8.75. The monoisotopic (exact) mass is 248 g/mol. The number of anilines is 1. The van der Waals surface area contributed by atoms with E-state index in [0.717, 1.165) is 5.69 Å². The van der Waals surface area contributed by atoms with E-state index in [1.54, 1.807) is 0 Å². The molecule has 0 heterocycles. The van der Waals surface area contributed by atoms with Gasteiger partial charge in [0.1, 0.15) is 0 Å². The van der Waals surface area contributed by atoms with Crippen LogP contribution in [0.15, 0.2) is 24.3 Å². The molecule has 98 valence electrons. The topological polar surface area (TPSA) is 45.5 Å². The molecule has 0 saturated heterocycles.